The van der Waals surface area contributed by atoms with E-state index < -0.39 is 11.1 Å². The monoisotopic (exact) mass is 326 g/mol. The number of nitrogens with zero attached hydrogens (tertiary/aromatic N) is 1. The Balaban J connectivity index is 2.05. The van der Waals surface area contributed by atoms with Crippen LogP contribution in [-0.4, -0.2) is 13.7 Å². The van der Waals surface area contributed by atoms with Crippen LogP contribution in [0.15, 0.2) is 48.7 Å². The summed E-state index contributed by atoms with van der Waals surface area (Å²) in [4.78, 5) is 4.37. The van der Waals surface area contributed by atoms with Crippen molar-refractivity contribution in [3.63, 3.8) is 0 Å². The molecule has 3 aromatic rings. The Labute approximate surface area is 137 Å². The molecule has 3 rings (SSSR count). The van der Waals surface area contributed by atoms with Gasteiger partial charge in [0, 0.05) is 23.0 Å². The van der Waals surface area contributed by atoms with E-state index in [9.17, 15) is 4.21 Å². The van der Waals surface area contributed by atoms with Gasteiger partial charge in [0.2, 0.25) is 0 Å². The van der Waals surface area contributed by atoms with Gasteiger partial charge in [-0.15, -0.1) is 0 Å². The van der Waals surface area contributed by atoms with Crippen molar-refractivity contribution >= 4 is 33.4 Å². The molecule has 1 heterocycles. The van der Waals surface area contributed by atoms with Gasteiger partial charge in [0.1, 0.15) is 0 Å². The van der Waals surface area contributed by atoms with E-state index in [-0.39, 0.29) is 5.75 Å². The summed E-state index contributed by atoms with van der Waals surface area (Å²) < 4.78 is 20.1. The van der Waals surface area contributed by atoms with Crippen LogP contribution in [0, 0.1) is 13.8 Å². The van der Waals surface area contributed by atoms with Crippen molar-refractivity contribution in [2.45, 2.75) is 19.6 Å². The van der Waals surface area contributed by atoms with Crippen LogP contribution in [0.5, 0.6) is 0 Å². The van der Waals surface area contributed by atoms with Crippen molar-refractivity contribution in [1.82, 2.24) is 4.98 Å². The first-order valence-corrected chi connectivity index (χ1v) is 8.60. The summed E-state index contributed by atoms with van der Waals surface area (Å²) in [7, 11) is 0. The van der Waals surface area contributed by atoms with Crippen molar-refractivity contribution in [2.24, 2.45) is 0 Å². The molecule has 0 saturated heterocycles. The molecule has 0 amide bonds. The molecule has 0 fully saturated rings. The second kappa shape index (κ2) is 6.48. The summed E-state index contributed by atoms with van der Waals surface area (Å²) >= 11 is -1.85. The highest BCUT2D eigenvalue weighted by atomic mass is 32.2. The third-order valence-electron chi connectivity index (χ3n) is 3.76. The van der Waals surface area contributed by atoms with E-state index in [1.54, 1.807) is 6.20 Å². The number of pyridine rings is 1. The van der Waals surface area contributed by atoms with E-state index in [0.29, 0.717) is 0 Å². The maximum absolute atomic E-state index is 11.0. The average molecular weight is 326 g/mol. The van der Waals surface area contributed by atoms with Crippen LogP contribution < -0.4 is 5.32 Å². The van der Waals surface area contributed by atoms with Gasteiger partial charge < -0.3 is 9.87 Å². The quantitative estimate of drug-likeness (QED) is 0.701. The van der Waals surface area contributed by atoms with E-state index in [4.69, 9.17) is 4.55 Å². The summed E-state index contributed by atoms with van der Waals surface area (Å²) in [6.07, 6.45) is 1.76. The molecule has 0 radical (unpaired) electrons. The zero-order valence-electron chi connectivity index (χ0n) is 13.0. The number of aryl methyl sites for hydroxylation is 2. The molecule has 5 heteroatoms. The highest BCUT2D eigenvalue weighted by Crippen LogP contribution is 2.28. The number of benzene rings is 2. The Morgan fingerprint density at radius 2 is 1.91 bits per heavy atom. The molecule has 118 valence electrons. The molecular weight excluding hydrogens is 308 g/mol. The maximum Gasteiger partial charge on any atom is 0.157 e. The molecule has 0 bridgehead atoms. The molecule has 4 nitrogen and oxygen atoms in total. The lowest BCUT2D eigenvalue weighted by Gasteiger charge is -2.13. The predicted molar refractivity (Wildman–Crippen MR) is 95.4 cm³/mol. The highest BCUT2D eigenvalue weighted by Gasteiger charge is 2.07. The van der Waals surface area contributed by atoms with E-state index >= 15 is 0 Å². The fraction of sp³-hybridized carbons (Fsp3) is 0.167. The van der Waals surface area contributed by atoms with Crippen LogP contribution in [0.2, 0.25) is 0 Å². The van der Waals surface area contributed by atoms with Crippen molar-refractivity contribution in [3.05, 3.63) is 65.4 Å². The van der Waals surface area contributed by atoms with Crippen molar-refractivity contribution in [2.75, 3.05) is 5.32 Å². The molecule has 2 aromatic carbocycles. The first-order chi connectivity index (χ1) is 11.0. The summed E-state index contributed by atoms with van der Waals surface area (Å²) in [5.74, 6) is 0.119. The van der Waals surface area contributed by atoms with Gasteiger partial charge in [-0.05, 0) is 54.8 Å². The molecule has 1 aromatic heterocycles. The van der Waals surface area contributed by atoms with Crippen molar-refractivity contribution in [1.29, 1.82) is 0 Å². The molecule has 23 heavy (non-hydrogen) atoms. The third kappa shape index (κ3) is 3.57. The predicted octanol–water partition coefficient (Wildman–Crippen LogP) is 4.32. The van der Waals surface area contributed by atoms with Crippen molar-refractivity contribution < 1.29 is 8.76 Å². The molecule has 0 spiro atoms. The van der Waals surface area contributed by atoms with Gasteiger partial charge in [0.05, 0.1) is 11.3 Å². The fourth-order valence-electron chi connectivity index (χ4n) is 2.55. The minimum Gasteiger partial charge on any atom is -0.355 e. The molecule has 0 aliphatic heterocycles. The minimum absolute atomic E-state index is 0.119. The summed E-state index contributed by atoms with van der Waals surface area (Å²) in [6, 6.07) is 13.8. The topological polar surface area (TPSA) is 62.2 Å². The third-order valence-corrected chi connectivity index (χ3v) is 4.34. The zero-order chi connectivity index (χ0) is 16.4. The van der Waals surface area contributed by atoms with Gasteiger partial charge in [-0.3, -0.25) is 4.98 Å². The first-order valence-electron chi connectivity index (χ1n) is 7.32. The van der Waals surface area contributed by atoms with Gasteiger partial charge in [-0.2, -0.15) is 0 Å². The minimum atomic E-state index is -1.85. The normalized spacial score (nSPS) is 12.3. The lowest BCUT2D eigenvalue weighted by Crippen LogP contribution is -1.97. The first kappa shape index (κ1) is 15.6. The second-order valence-corrected chi connectivity index (χ2v) is 6.55. The van der Waals surface area contributed by atoms with E-state index in [1.165, 1.54) is 5.56 Å². The largest absolute Gasteiger partial charge is 0.355 e. The highest BCUT2D eigenvalue weighted by molar-refractivity contribution is 7.78. The van der Waals surface area contributed by atoms with Crippen LogP contribution in [-0.2, 0) is 16.8 Å². The smallest absolute Gasteiger partial charge is 0.157 e. The maximum atomic E-state index is 11.0. The van der Waals surface area contributed by atoms with Gasteiger partial charge in [0.15, 0.2) is 11.1 Å². The summed E-state index contributed by atoms with van der Waals surface area (Å²) in [5, 5.41) is 4.40. The second-order valence-electron chi connectivity index (χ2n) is 5.62. The molecule has 1 atom stereocenters. The average Bonchev–Trinajstić information content (AvgIpc) is 2.51. The number of hydrogen-bond donors (Lipinski definition) is 2. The van der Waals surface area contributed by atoms with Crippen LogP contribution in [0.25, 0.3) is 10.9 Å². The van der Waals surface area contributed by atoms with Crippen LogP contribution >= 0.6 is 0 Å². The number of anilines is 2. The number of hydrogen-bond acceptors (Lipinski definition) is 3. The molecule has 0 aliphatic rings. The summed E-state index contributed by atoms with van der Waals surface area (Å²) in [6.45, 7) is 4.12. The Bertz CT molecular complexity index is 893. The van der Waals surface area contributed by atoms with Gasteiger partial charge in [-0.1, -0.05) is 18.2 Å². The van der Waals surface area contributed by atoms with Gasteiger partial charge >= 0.3 is 0 Å². The van der Waals surface area contributed by atoms with E-state index in [0.717, 1.165) is 33.4 Å². The summed E-state index contributed by atoms with van der Waals surface area (Å²) in [5.41, 5.74) is 6.01. The molecule has 0 aliphatic carbocycles. The van der Waals surface area contributed by atoms with E-state index in [1.807, 2.05) is 24.3 Å². The number of rotatable bonds is 4. The van der Waals surface area contributed by atoms with Crippen LogP contribution in [0.1, 0.15) is 16.7 Å². The molecule has 2 N–H and O–H groups in total. The lowest BCUT2D eigenvalue weighted by atomic mass is 10.1. The van der Waals surface area contributed by atoms with Crippen LogP contribution in [0.3, 0.4) is 0 Å². The van der Waals surface area contributed by atoms with Crippen molar-refractivity contribution in [3.8, 4) is 0 Å². The van der Waals surface area contributed by atoms with Gasteiger partial charge in [0.25, 0.3) is 0 Å². The molecule has 1 unspecified atom stereocenters. The Kier molecular flexibility index (Phi) is 4.41. The molecule has 0 saturated carbocycles. The molecular formula is C18H18N2O2S. The number of nitrogens with one attached hydrogen (secondary N) is 1. The lowest BCUT2D eigenvalue weighted by molar-refractivity contribution is 0.563. The van der Waals surface area contributed by atoms with Gasteiger partial charge in [-0.25, -0.2) is 4.21 Å². The Morgan fingerprint density at radius 1 is 1.09 bits per heavy atom. The Hall–Kier alpha value is -2.24. The van der Waals surface area contributed by atoms with Crippen LogP contribution in [0.4, 0.5) is 11.4 Å². The Morgan fingerprint density at radius 3 is 2.70 bits per heavy atom. The zero-order valence-corrected chi connectivity index (χ0v) is 13.9. The van der Waals surface area contributed by atoms with E-state index in [2.05, 4.69) is 42.3 Å². The number of aromatic nitrogens is 1. The SMILES string of the molecule is Cc1ccc(C)c(Nc2ccnc3ccc(CS(=O)O)cc23)c1. The standard InChI is InChI=1S/C18H18N2O2S/c1-12-3-4-13(2)18(9-12)20-17-7-8-19-16-6-5-14(10-15(16)17)11-23(21)22/h3-10H,11H2,1-2H3,(H,19,20)(H,21,22). The fourth-order valence-corrected chi connectivity index (χ4v) is 3.02. The number of fused-ring (bicyclic) bond motifs is 1.